The first-order valence-corrected chi connectivity index (χ1v) is 9.53. The summed E-state index contributed by atoms with van der Waals surface area (Å²) < 4.78 is 2.98. The molecular formula is C23H20ClN3O2. The molecule has 0 aliphatic heterocycles. The highest BCUT2D eigenvalue weighted by molar-refractivity contribution is 6.32. The number of aromatic hydroxyl groups is 1. The minimum absolute atomic E-state index is 0.170. The van der Waals surface area contributed by atoms with Gasteiger partial charge in [0.05, 0.1) is 10.7 Å². The summed E-state index contributed by atoms with van der Waals surface area (Å²) >= 11 is 6.50. The van der Waals surface area contributed by atoms with Gasteiger partial charge in [0.15, 0.2) is 0 Å². The predicted molar refractivity (Wildman–Crippen MR) is 116 cm³/mol. The van der Waals surface area contributed by atoms with Gasteiger partial charge in [0, 0.05) is 48.5 Å². The van der Waals surface area contributed by atoms with Crippen LogP contribution in [0.4, 0.5) is 0 Å². The second-order valence-electron chi connectivity index (χ2n) is 7.19. The average Bonchev–Trinajstić information content (AvgIpc) is 3.02. The van der Waals surface area contributed by atoms with E-state index in [4.69, 9.17) is 11.6 Å². The molecule has 4 rings (SSSR count). The van der Waals surface area contributed by atoms with Crippen molar-refractivity contribution in [2.24, 2.45) is 7.05 Å². The molecule has 4 aromatic rings. The lowest BCUT2D eigenvalue weighted by Gasteiger charge is -2.14. The first kappa shape index (κ1) is 19.0. The van der Waals surface area contributed by atoms with Gasteiger partial charge in [0.1, 0.15) is 5.75 Å². The van der Waals surface area contributed by atoms with Crippen molar-refractivity contribution in [2.45, 2.75) is 13.8 Å². The third kappa shape index (κ3) is 3.45. The van der Waals surface area contributed by atoms with Crippen molar-refractivity contribution in [1.82, 2.24) is 14.1 Å². The third-order valence-corrected chi connectivity index (χ3v) is 5.21. The maximum atomic E-state index is 12.2. The number of benzene rings is 2. The highest BCUT2D eigenvalue weighted by Crippen LogP contribution is 2.40. The zero-order valence-electron chi connectivity index (χ0n) is 16.3. The number of phenols is 1. The molecule has 2 aromatic carbocycles. The SMILES string of the molecule is Cc1cncc(-c2cc(C)cc(-c3ccc(-n4ccn(C)c4=O)c(Cl)c3)c2O)c1. The first-order chi connectivity index (χ1) is 13.8. The van der Waals surface area contributed by atoms with Gasteiger partial charge in [-0.05, 0) is 60.9 Å². The van der Waals surface area contributed by atoms with Crippen LogP contribution in [-0.4, -0.2) is 19.2 Å². The normalized spacial score (nSPS) is 11.0. The van der Waals surface area contributed by atoms with Crippen molar-refractivity contribution >= 4 is 11.6 Å². The number of aryl methyl sites for hydroxylation is 3. The number of rotatable bonds is 3. The molecule has 5 nitrogen and oxygen atoms in total. The molecule has 146 valence electrons. The van der Waals surface area contributed by atoms with Gasteiger partial charge in [0.2, 0.25) is 0 Å². The van der Waals surface area contributed by atoms with Crippen molar-refractivity contribution in [3.63, 3.8) is 0 Å². The van der Waals surface area contributed by atoms with Crippen LogP contribution in [0.15, 0.2) is 66.0 Å². The summed E-state index contributed by atoms with van der Waals surface area (Å²) in [5.74, 6) is 0.170. The van der Waals surface area contributed by atoms with Gasteiger partial charge in [-0.2, -0.15) is 0 Å². The zero-order chi connectivity index (χ0) is 20.7. The lowest BCUT2D eigenvalue weighted by Crippen LogP contribution is -2.20. The van der Waals surface area contributed by atoms with Gasteiger partial charge < -0.3 is 9.67 Å². The van der Waals surface area contributed by atoms with E-state index in [1.807, 2.05) is 38.1 Å². The Labute approximate surface area is 173 Å². The molecule has 1 N–H and O–H groups in total. The number of hydrogen-bond donors (Lipinski definition) is 1. The summed E-state index contributed by atoms with van der Waals surface area (Å²) in [7, 11) is 1.69. The van der Waals surface area contributed by atoms with E-state index in [1.165, 1.54) is 9.13 Å². The van der Waals surface area contributed by atoms with Crippen LogP contribution < -0.4 is 5.69 Å². The van der Waals surface area contributed by atoms with Crippen LogP contribution in [0.25, 0.3) is 27.9 Å². The minimum atomic E-state index is -0.174. The minimum Gasteiger partial charge on any atom is -0.507 e. The number of halogens is 1. The third-order valence-electron chi connectivity index (χ3n) is 4.91. The summed E-state index contributed by atoms with van der Waals surface area (Å²) in [6.45, 7) is 3.95. The number of nitrogens with zero attached hydrogens (tertiary/aromatic N) is 3. The van der Waals surface area contributed by atoms with Crippen molar-refractivity contribution in [2.75, 3.05) is 0 Å². The fraction of sp³-hybridized carbons (Fsp3) is 0.130. The molecule has 0 aliphatic rings. The van der Waals surface area contributed by atoms with Crippen molar-refractivity contribution in [3.8, 4) is 33.7 Å². The number of phenolic OH excluding ortho intramolecular Hbond substituents is 1. The van der Waals surface area contributed by atoms with E-state index < -0.39 is 0 Å². The second kappa shape index (κ2) is 7.26. The van der Waals surface area contributed by atoms with E-state index in [-0.39, 0.29) is 11.4 Å². The summed E-state index contributed by atoms with van der Waals surface area (Å²) in [5, 5.41) is 11.4. The largest absolute Gasteiger partial charge is 0.507 e. The molecule has 29 heavy (non-hydrogen) atoms. The Bertz CT molecular complexity index is 1290. The van der Waals surface area contributed by atoms with Gasteiger partial charge in [-0.25, -0.2) is 4.79 Å². The van der Waals surface area contributed by atoms with E-state index in [0.717, 1.165) is 27.8 Å². The standard InChI is InChI=1S/C23H20ClN3O2/c1-14-9-18(22(28)19(10-14)17-8-15(2)12-25-13-17)16-4-5-21(20(24)11-16)27-7-6-26(3)23(27)29/h4-13,28H,1-3H3. The molecule has 0 spiro atoms. The number of aromatic nitrogens is 3. The first-order valence-electron chi connectivity index (χ1n) is 9.15. The Morgan fingerprint density at radius 1 is 0.931 bits per heavy atom. The Morgan fingerprint density at radius 3 is 2.28 bits per heavy atom. The van der Waals surface area contributed by atoms with Crippen LogP contribution in [0.5, 0.6) is 5.75 Å². The summed E-state index contributed by atoms with van der Waals surface area (Å²) in [6.07, 6.45) is 6.88. The van der Waals surface area contributed by atoms with Gasteiger partial charge in [-0.15, -0.1) is 0 Å². The predicted octanol–water partition coefficient (Wildman–Crippen LogP) is 4.88. The fourth-order valence-electron chi connectivity index (χ4n) is 3.44. The summed E-state index contributed by atoms with van der Waals surface area (Å²) in [4.78, 5) is 16.5. The van der Waals surface area contributed by atoms with Crippen LogP contribution >= 0.6 is 11.6 Å². The van der Waals surface area contributed by atoms with Crippen LogP contribution in [0.3, 0.4) is 0 Å². The van der Waals surface area contributed by atoms with Crippen LogP contribution in [-0.2, 0) is 7.05 Å². The van der Waals surface area contributed by atoms with Crippen molar-refractivity contribution in [3.05, 3.63) is 87.8 Å². The molecule has 6 heteroatoms. The monoisotopic (exact) mass is 405 g/mol. The molecule has 2 aromatic heterocycles. The molecule has 0 fully saturated rings. The molecular weight excluding hydrogens is 386 g/mol. The smallest absolute Gasteiger partial charge is 0.332 e. The molecule has 0 aliphatic carbocycles. The van der Waals surface area contributed by atoms with E-state index in [2.05, 4.69) is 4.98 Å². The maximum absolute atomic E-state index is 12.2. The average molecular weight is 406 g/mol. The van der Waals surface area contributed by atoms with Gasteiger partial charge in [-0.3, -0.25) is 9.55 Å². The van der Waals surface area contributed by atoms with E-state index in [0.29, 0.717) is 16.3 Å². The van der Waals surface area contributed by atoms with Gasteiger partial charge in [-0.1, -0.05) is 17.7 Å². The van der Waals surface area contributed by atoms with Crippen molar-refractivity contribution < 1.29 is 5.11 Å². The second-order valence-corrected chi connectivity index (χ2v) is 7.59. The van der Waals surface area contributed by atoms with Gasteiger partial charge in [0.25, 0.3) is 0 Å². The zero-order valence-corrected chi connectivity index (χ0v) is 17.1. The number of pyridine rings is 1. The van der Waals surface area contributed by atoms with Crippen molar-refractivity contribution in [1.29, 1.82) is 0 Å². The molecule has 2 heterocycles. The highest BCUT2D eigenvalue weighted by atomic mass is 35.5. The molecule has 0 saturated carbocycles. The lowest BCUT2D eigenvalue weighted by atomic mass is 9.95. The molecule has 0 saturated heterocycles. The molecule has 0 unspecified atom stereocenters. The Kier molecular flexibility index (Phi) is 4.76. The summed E-state index contributed by atoms with van der Waals surface area (Å²) in [5.41, 5.74) is 5.46. The Hall–Kier alpha value is -3.31. The Morgan fingerprint density at radius 2 is 1.66 bits per heavy atom. The highest BCUT2D eigenvalue weighted by Gasteiger charge is 2.15. The van der Waals surface area contributed by atoms with E-state index in [9.17, 15) is 9.90 Å². The maximum Gasteiger partial charge on any atom is 0.332 e. The molecule has 0 atom stereocenters. The quantitative estimate of drug-likeness (QED) is 0.528. The fourth-order valence-corrected chi connectivity index (χ4v) is 3.71. The lowest BCUT2D eigenvalue weighted by molar-refractivity contribution is 0.479. The van der Waals surface area contributed by atoms with Crippen LogP contribution in [0.2, 0.25) is 5.02 Å². The number of hydrogen-bond acceptors (Lipinski definition) is 3. The molecule has 0 radical (unpaired) electrons. The topological polar surface area (TPSA) is 60.0 Å². The van der Waals surface area contributed by atoms with Gasteiger partial charge >= 0.3 is 5.69 Å². The molecule has 0 amide bonds. The van der Waals surface area contributed by atoms with E-state index in [1.54, 1.807) is 44.0 Å². The van der Waals surface area contributed by atoms with Crippen LogP contribution in [0.1, 0.15) is 11.1 Å². The number of imidazole rings is 1. The molecule has 0 bridgehead atoms. The van der Waals surface area contributed by atoms with E-state index >= 15 is 0 Å². The summed E-state index contributed by atoms with van der Waals surface area (Å²) in [6, 6.07) is 11.3. The Balaban J connectivity index is 1.84. The van der Waals surface area contributed by atoms with Crippen LogP contribution in [0, 0.1) is 13.8 Å².